The number of carboxylic acid groups (broad SMARTS) is 1. The Kier molecular flexibility index (Phi) is 2.82. The summed E-state index contributed by atoms with van der Waals surface area (Å²) in [6.07, 6.45) is 0.935. The highest BCUT2D eigenvalue weighted by Gasteiger charge is 2.46. The number of nitrogens with two attached hydrogens (primary N) is 1. The van der Waals surface area contributed by atoms with Crippen molar-refractivity contribution < 1.29 is 14.7 Å². The van der Waals surface area contributed by atoms with Gasteiger partial charge in [-0.05, 0) is 12.8 Å². The average Bonchev–Trinajstić information content (AvgIpc) is 2.47. The minimum absolute atomic E-state index is 0.00771. The maximum atomic E-state index is 11.2. The Bertz CT molecular complexity index is 246. The van der Waals surface area contributed by atoms with Gasteiger partial charge in [0.05, 0.1) is 5.75 Å². The van der Waals surface area contributed by atoms with E-state index in [4.69, 9.17) is 10.8 Å². The zero-order valence-corrected chi connectivity index (χ0v) is 7.96. The van der Waals surface area contributed by atoms with Crippen LogP contribution < -0.4 is 5.73 Å². The number of thiol groups is 1. The predicted octanol–water partition coefficient (Wildman–Crippen LogP) is -0.722. The van der Waals surface area contributed by atoms with Gasteiger partial charge in [0.15, 0.2) is 5.66 Å². The van der Waals surface area contributed by atoms with Crippen molar-refractivity contribution in [3.05, 3.63) is 0 Å². The molecule has 1 aliphatic heterocycles. The maximum absolute atomic E-state index is 11.2. The van der Waals surface area contributed by atoms with Crippen LogP contribution in [0.2, 0.25) is 0 Å². The number of likely N-dealkylation sites (tertiary alicyclic amines) is 1. The van der Waals surface area contributed by atoms with Gasteiger partial charge in [-0.15, -0.1) is 0 Å². The summed E-state index contributed by atoms with van der Waals surface area (Å²) in [5.41, 5.74) is 4.08. The lowest BCUT2D eigenvalue weighted by atomic mass is 10.1. The molecule has 1 unspecified atom stereocenters. The van der Waals surface area contributed by atoms with Crippen LogP contribution >= 0.6 is 12.6 Å². The first-order valence-electron chi connectivity index (χ1n) is 3.96. The van der Waals surface area contributed by atoms with E-state index in [0.29, 0.717) is 19.4 Å². The minimum Gasteiger partial charge on any atom is -0.478 e. The van der Waals surface area contributed by atoms with Gasteiger partial charge in [-0.25, -0.2) is 4.79 Å². The fourth-order valence-electron chi connectivity index (χ4n) is 1.50. The third-order valence-electron chi connectivity index (χ3n) is 2.23. The lowest BCUT2D eigenvalue weighted by Gasteiger charge is -2.30. The van der Waals surface area contributed by atoms with Gasteiger partial charge in [0.2, 0.25) is 5.91 Å². The smallest absolute Gasteiger partial charge is 0.344 e. The quantitative estimate of drug-likeness (QED) is 0.518. The van der Waals surface area contributed by atoms with Crippen molar-refractivity contribution in [2.24, 2.45) is 5.73 Å². The van der Waals surface area contributed by atoms with E-state index in [1.54, 1.807) is 0 Å². The molecule has 1 rings (SSSR count). The fourth-order valence-corrected chi connectivity index (χ4v) is 1.67. The number of amides is 1. The Morgan fingerprint density at radius 3 is 2.69 bits per heavy atom. The van der Waals surface area contributed by atoms with E-state index in [-0.39, 0.29) is 11.7 Å². The Morgan fingerprint density at radius 2 is 2.23 bits per heavy atom. The summed E-state index contributed by atoms with van der Waals surface area (Å²) in [7, 11) is 0. The average molecular weight is 204 g/mol. The summed E-state index contributed by atoms with van der Waals surface area (Å²) in [6, 6.07) is 0. The molecule has 1 saturated heterocycles. The molecule has 1 fully saturated rings. The zero-order valence-electron chi connectivity index (χ0n) is 7.06. The molecule has 0 aliphatic carbocycles. The Hall–Kier alpha value is -0.750. The van der Waals surface area contributed by atoms with Crippen LogP contribution in [-0.4, -0.2) is 39.8 Å². The first-order chi connectivity index (χ1) is 6.02. The second-order valence-corrected chi connectivity index (χ2v) is 3.35. The number of rotatable bonds is 2. The van der Waals surface area contributed by atoms with Crippen LogP contribution in [-0.2, 0) is 9.59 Å². The third kappa shape index (κ3) is 1.64. The first kappa shape index (κ1) is 10.3. The molecule has 0 saturated carbocycles. The minimum atomic E-state index is -1.51. The van der Waals surface area contributed by atoms with Crippen molar-refractivity contribution in [1.29, 1.82) is 0 Å². The Balaban J connectivity index is 2.85. The van der Waals surface area contributed by atoms with Crippen molar-refractivity contribution in [2.75, 3.05) is 12.3 Å². The van der Waals surface area contributed by atoms with E-state index < -0.39 is 11.6 Å². The molecular weight excluding hydrogens is 192 g/mol. The van der Waals surface area contributed by atoms with E-state index >= 15 is 0 Å². The van der Waals surface area contributed by atoms with Crippen LogP contribution in [0.3, 0.4) is 0 Å². The van der Waals surface area contributed by atoms with Gasteiger partial charge >= 0.3 is 5.97 Å². The van der Waals surface area contributed by atoms with Gasteiger partial charge in [0, 0.05) is 6.54 Å². The molecule has 0 spiro atoms. The van der Waals surface area contributed by atoms with Crippen molar-refractivity contribution in [2.45, 2.75) is 18.5 Å². The highest BCUT2D eigenvalue weighted by molar-refractivity contribution is 7.81. The second kappa shape index (κ2) is 3.55. The topological polar surface area (TPSA) is 83.6 Å². The summed E-state index contributed by atoms with van der Waals surface area (Å²) < 4.78 is 0. The second-order valence-electron chi connectivity index (χ2n) is 3.04. The van der Waals surface area contributed by atoms with Crippen LogP contribution in [0.15, 0.2) is 0 Å². The van der Waals surface area contributed by atoms with Gasteiger partial charge < -0.3 is 10.0 Å². The molecule has 0 bridgehead atoms. The van der Waals surface area contributed by atoms with Gasteiger partial charge in [-0.1, -0.05) is 0 Å². The number of carbonyl (C=O) groups excluding carboxylic acids is 1. The van der Waals surface area contributed by atoms with Gasteiger partial charge in [-0.3, -0.25) is 10.5 Å². The number of aliphatic carboxylic acids is 1. The van der Waals surface area contributed by atoms with Crippen LogP contribution in [0.4, 0.5) is 0 Å². The number of hydrogen-bond acceptors (Lipinski definition) is 4. The Labute approximate surface area is 81.3 Å². The summed E-state index contributed by atoms with van der Waals surface area (Å²) in [4.78, 5) is 23.2. The van der Waals surface area contributed by atoms with Crippen molar-refractivity contribution in [3.8, 4) is 0 Å². The van der Waals surface area contributed by atoms with Gasteiger partial charge in [0.1, 0.15) is 0 Å². The molecule has 0 aromatic carbocycles. The SMILES string of the molecule is NC1(C(=O)O)CCCN1C(=O)CS. The third-order valence-corrected chi connectivity index (χ3v) is 2.50. The summed E-state index contributed by atoms with van der Waals surface area (Å²) in [5, 5.41) is 8.84. The summed E-state index contributed by atoms with van der Waals surface area (Å²) >= 11 is 3.80. The summed E-state index contributed by atoms with van der Waals surface area (Å²) in [5.74, 6) is -1.49. The van der Waals surface area contributed by atoms with Gasteiger partial charge in [0.25, 0.3) is 0 Å². The van der Waals surface area contributed by atoms with Crippen LogP contribution in [0.5, 0.6) is 0 Å². The number of hydrogen-bond donors (Lipinski definition) is 3. The van der Waals surface area contributed by atoms with E-state index in [0.717, 1.165) is 0 Å². The van der Waals surface area contributed by atoms with E-state index in [1.165, 1.54) is 4.90 Å². The van der Waals surface area contributed by atoms with Crippen molar-refractivity contribution in [3.63, 3.8) is 0 Å². The number of carboxylic acids is 1. The maximum Gasteiger partial charge on any atom is 0.344 e. The number of nitrogens with zero attached hydrogens (tertiary/aromatic N) is 1. The standard InChI is InChI=1S/C7H12N2O3S/c8-7(6(11)12)2-1-3-9(7)5(10)4-13/h13H,1-4,8H2,(H,11,12). The van der Waals surface area contributed by atoms with E-state index in [9.17, 15) is 9.59 Å². The highest BCUT2D eigenvalue weighted by Crippen LogP contribution is 2.24. The highest BCUT2D eigenvalue weighted by atomic mass is 32.1. The lowest BCUT2D eigenvalue weighted by Crippen LogP contribution is -2.60. The van der Waals surface area contributed by atoms with E-state index in [1.807, 2.05) is 0 Å². The zero-order chi connectivity index (χ0) is 10.1. The molecule has 1 atom stereocenters. The molecule has 0 aromatic rings. The predicted molar refractivity (Wildman–Crippen MR) is 49.4 cm³/mol. The molecule has 0 radical (unpaired) electrons. The van der Waals surface area contributed by atoms with Gasteiger partial charge in [-0.2, -0.15) is 12.6 Å². The van der Waals surface area contributed by atoms with E-state index in [2.05, 4.69) is 12.6 Å². The largest absolute Gasteiger partial charge is 0.478 e. The van der Waals surface area contributed by atoms with Crippen molar-refractivity contribution in [1.82, 2.24) is 4.90 Å². The Morgan fingerprint density at radius 1 is 1.62 bits per heavy atom. The van der Waals surface area contributed by atoms with Crippen LogP contribution in [0.1, 0.15) is 12.8 Å². The summed E-state index contributed by atoms with van der Waals surface area (Å²) in [6.45, 7) is 0.405. The first-order valence-corrected chi connectivity index (χ1v) is 4.59. The molecule has 13 heavy (non-hydrogen) atoms. The van der Waals surface area contributed by atoms with Crippen LogP contribution in [0.25, 0.3) is 0 Å². The normalized spacial score (nSPS) is 27.7. The molecule has 1 heterocycles. The molecule has 74 valence electrons. The molecule has 0 aromatic heterocycles. The monoisotopic (exact) mass is 204 g/mol. The molecule has 5 nitrogen and oxygen atoms in total. The molecule has 1 aliphatic rings. The lowest BCUT2D eigenvalue weighted by molar-refractivity contribution is -0.155. The molecular formula is C7H12N2O3S. The fraction of sp³-hybridized carbons (Fsp3) is 0.714. The van der Waals surface area contributed by atoms with Crippen LogP contribution in [0, 0.1) is 0 Å². The van der Waals surface area contributed by atoms with Crippen molar-refractivity contribution >= 4 is 24.5 Å². The number of carbonyl (C=O) groups is 2. The molecule has 1 amide bonds. The molecule has 3 N–H and O–H groups in total. The molecule has 6 heteroatoms.